The Morgan fingerprint density at radius 2 is 1.79 bits per heavy atom. The Hall–Kier alpha value is -1.23. The highest BCUT2D eigenvalue weighted by molar-refractivity contribution is 9.10. The number of pyridine rings is 1. The molecule has 1 aromatic carbocycles. The summed E-state index contributed by atoms with van der Waals surface area (Å²) in [7, 11) is 2.10. The van der Waals surface area contributed by atoms with E-state index in [0.29, 0.717) is 6.54 Å². The van der Waals surface area contributed by atoms with E-state index in [0.717, 1.165) is 23.3 Å². The molecule has 0 aliphatic carbocycles. The van der Waals surface area contributed by atoms with Gasteiger partial charge in [0.25, 0.3) is 0 Å². The Morgan fingerprint density at radius 1 is 1.11 bits per heavy atom. The van der Waals surface area contributed by atoms with Crippen LogP contribution in [0.1, 0.15) is 16.8 Å². The number of hydrogen-bond donors (Lipinski definition) is 1. The average molecular weight is 320 g/mol. The molecule has 0 saturated carbocycles. The fraction of sp³-hybridized carbons (Fsp3) is 0.267. The number of rotatable bonds is 5. The quantitative estimate of drug-likeness (QED) is 0.921. The number of hydrogen-bond acceptors (Lipinski definition) is 3. The van der Waals surface area contributed by atoms with Crippen LogP contribution in [0.25, 0.3) is 0 Å². The fourth-order valence-corrected chi connectivity index (χ4v) is 2.47. The minimum absolute atomic E-state index is 0.485. The second-order valence-corrected chi connectivity index (χ2v) is 5.43. The predicted octanol–water partition coefficient (Wildman–Crippen LogP) is 2.93. The van der Waals surface area contributed by atoms with Crippen molar-refractivity contribution in [1.82, 2.24) is 9.88 Å². The average Bonchev–Trinajstić information content (AvgIpc) is 2.42. The Morgan fingerprint density at radius 3 is 2.53 bits per heavy atom. The molecule has 0 saturated heterocycles. The molecule has 0 spiro atoms. The van der Waals surface area contributed by atoms with Crippen LogP contribution in [0.5, 0.6) is 0 Å². The first-order valence-corrected chi connectivity index (χ1v) is 7.05. The van der Waals surface area contributed by atoms with E-state index in [4.69, 9.17) is 5.73 Å². The normalized spacial score (nSPS) is 10.9. The Balaban J connectivity index is 2.05. The lowest BCUT2D eigenvalue weighted by atomic mass is 10.1. The van der Waals surface area contributed by atoms with Crippen molar-refractivity contribution in [3.63, 3.8) is 0 Å². The molecule has 4 heteroatoms. The van der Waals surface area contributed by atoms with Gasteiger partial charge in [0.05, 0.1) is 5.69 Å². The van der Waals surface area contributed by atoms with E-state index in [9.17, 15) is 0 Å². The van der Waals surface area contributed by atoms with E-state index in [1.165, 1.54) is 11.1 Å². The topological polar surface area (TPSA) is 42.2 Å². The predicted molar refractivity (Wildman–Crippen MR) is 81.4 cm³/mol. The third kappa shape index (κ3) is 3.86. The molecule has 0 atom stereocenters. The summed E-state index contributed by atoms with van der Waals surface area (Å²) in [6.45, 7) is 2.22. The second-order valence-electron chi connectivity index (χ2n) is 4.58. The molecule has 0 unspecified atom stereocenters. The second kappa shape index (κ2) is 6.80. The van der Waals surface area contributed by atoms with Crippen LogP contribution in [0, 0.1) is 0 Å². The van der Waals surface area contributed by atoms with Gasteiger partial charge in [-0.1, -0.05) is 40.2 Å². The minimum atomic E-state index is 0.485. The lowest BCUT2D eigenvalue weighted by Gasteiger charge is -2.19. The number of benzene rings is 1. The summed E-state index contributed by atoms with van der Waals surface area (Å²) >= 11 is 3.58. The maximum atomic E-state index is 5.71. The molecule has 2 aromatic rings. The molecule has 1 heterocycles. The molecule has 19 heavy (non-hydrogen) atoms. The molecular weight excluding hydrogens is 302 g/mol. The van der Waals surface area contributed by atoms with E-state index in [2.05, 4.69) is 57.1 Å². The monoisotopic (exact) mass is 319 g/mol. The number of halogens is 1. The minimum Gasteiger partial charge on any atom is -0.325 e. The van der Waals surface area contributed by atoms with Crippen molar-refractivity contribution in [3.8, 4) is 0 Å². The van der Waals surface area contributed by atoms with Crippen LogP contribution in [0.15, 0.2) is 47.1 Å². The first-order chi connectivity index (χ1) is 9.20. The Kier molecular flexibility index (Phi) is 5.07. The van der Waals surface area contributed by atoms with Crippen molar-refractivity contribution >= 4 is 15.9 Å². The van der Waals surface area contributed by atoms with Crippen LogP contribution < -0.4 is 5.73 Å². The fourth-order valence-electron chi connectivity index (χ4n) is 2.06. The highest BCUT2D eigenvalue weighted by atomic mass is 79.9. The molecule has 0 fully saturated rings. The molecule has 0 bridgehead atoms. The van der Waals surface area contributed by atoms with E-state index in [1.54, 1.807) is 6.20 Å². The van der Waals surface area contributed by atoms with Gasteiger partial charge in [0.2, 0.25) is 0 Å². The smallest absolute Gasteiger partial charge is 0.0584 e. The van der Waals surface area contributed by atoms with Crippen LogP contribution in [-0.4, -0.2) is 16.9 Å². The maximum Gasteiger partial charge on any atom is 0.0584 e. The van der Waals surface area contributed by atoms with Crippen molar-refractivity contribution < 1.29 is 0 Å². The SMILES string of the molecule is CN(Cc1ccccc1Br)Cc1cccnc1CN. The van der Waals surface area contributed by atoms with Crippen molar-refractivity contribution in [2.24, 2.45) is 5.73 Å². The summed E-state index contributed by atoms with van der Waals surface area (Å²) in [5, 5.41) is 0. The van der Waals surface area contributed by atoms with Crippen LogP contribution in [0.4, 0.5) is 0 Å². The van der Waals surface area contributed by atoms with Gasteiger partial charge in [-0.15, -0.1) is 0 Å². The summed E-state index contributed by atoms with van der Waals surface area (Å²) < 4.78 is 1.15. The molecule has 1 aromatic heterocycles. The highest BCUT2D eigenvalue weighted by Crippen LogP contribution is 2.18. The lowest BCUT2D eigenvalue weighted by Crippen LogP contribution is -2.19. The first-order valence-electron chi connectivity index (χ1n) is 6.25. The third-order valence-corrected chi connectivity index (χ3v) is 3.79. The molecule has 0 amide bonds. The third-order valence-electron chi connectivity index (χ3n) is 3.02. The molecular formula is C15H18BrN3. The highest BCUT2D eigenvalue weighted by Gasteiger charge is 2.07. The Labute approximate surface area is 122 Å². The molecule has 0 radical (unpaired) electrons. The van der Waals surface area contributed by atoms with Crippen molar-refractivity contribution in [3.05, 3.63) is 63.9 Å². The zero-order chi connectivity index (χ0) is 13.7. The van der Waals surface area contributed by atoms with Gasteiger partial charge >= 0.3 is 0 Å². The van der Waals surface area contributed by atoms with Gasteiger partial charge in [0.15, 0.2) is 0 Å². The Bertz CT molecular complexity index is 542. The lowest BCUT2D eigenvalue weighted by molar-refractivity contribution is 0.317. The van der Waals surface area contributed by atoms with Gasteiger partial charge in [-0.25, -0.2) is 0 Å². The van der Waals surface area contributed by atoms with E-state index in [-0.39, 0.29) is 0 Å². The number of aromatic nitrogens is 1. The molecule has 2 N–H and O–H groups in total. The molecule has 3 nitrogen and oxygen atoms in total. The molecule has 100 valence electrons. The summed E-state index contributed by atoms with van der Waals surface area (Å²) in [5.41, 5.74) is 9.16. The van der Waals surface area contributed by atoms with Gasteiger partial charge in [-0.2, -0.15) is 0 Å². The number of nitrogens with two attached hydrogens (primary N) is 1. The van der Waals surface area contributed by atoms with Crippen molar-refractivity contribution in [1.29, 1.82) is 0 Å². The van der Waals surface area contributed by atoms with Crippen LogP contribution in [0.3, 0.4) is 0 Å². The van der Waals surface area contributed by atoms with Crippen LogP contribution >= 0.6 is 15.9 Å². The maximum absolute atomic E-state index is 5.71. The van der Waals surface area contributed by atoms with Crippen molar-refractivity contribution in [2.75, 3.05) is 7.05 Å². The van der Waals surface area contributed by atoms with Crippen LogP contribution in [-0.2, 0) is 19.6 Å². The zero-order valence-electron chi connectivity index (χ0n) is 11.0. The van der Waals surface area contributed by atoms with Crippen molar-refractivity contribution in [2.45, 2.75) is 19.6 Å². The van der Waals surface area contributed by atoms with Crippen LogP contribution in [0.2, 0.25) is 0 Å². The molecule has 2 rings (SSSR count). The largest absolute Gasteiger partial charge is 0.325 e. The summed E-state index contributed by atoms with van der Waals surface area (Å²) in [6.07, 6.45) is 1.79. The van der Waals surface area contributed by atoms with Gasteiger partial charge in [0.1, 0.15) is 0 Å². The first kappa shape index (κ1) is 14.2. The van der Waals surface area contributed by atoms with Gasteiger partial charge in [-0.3, -0.25) is 9.88 Å². The van der Waals surface area contributed by atoms with Gasteiger partial charge < -0.3 is 5.73 Å². The molecule has 0 aliphatic rings. The van der Waals surface area contributed by atoms with E-state index < -0.39 is 0 Å². The zero-order valence-corrected chi connectivity index (χ0v) is 12.6. The summed E-state index contributed by atoms with van der Waals surface area (Å²) in [6, 6.07) is 12.3. The standard InChI is InChI=1S/C15H18BrN3/c1-19(10-12-5-2-3-7-14(12)16)11-13-6-4-8-18-15(13)9-17/h2-8H,9-11,17H2,1H3. The summed E-state index contributed by atoms with van der Waals surface area (Å²) in [5.74, 6) is 0. The van der Waals surface area contributed by atoms with E-state index >= 15 is 0 Å². The molecule has 0 aliphatic heterocycles. The summed E-state index contributed by atoms with van der Waals surface area (Å²) in [4.78, 5) is 6.57. The van der Waals surface area contributed by atoms with Gasteiger partial charge in [-0.05, 0) is 30.3 Å². The van der Waals surface area contributed by atoms with E-state index in [1.807, 2.05) is 12.1 Å². The van der Waals surface area contributed by atoms with Gasteiger partial charge in [0, 0.05) is 30.3 Å². The number of nitrogens with zero attached hydrogens (tertiary/aromatic N) is 2.